The number of aliphatic imine (C=N–C) groups is 1. The number of hydrogen-bond acceptors (Lipinski definition) is 4. The summed E-state index contributed by atoms with van der Waals surface area (Å²) in [4.78, 5) is 8.70. The maximum Gasteiger partial charge on any atom is 0.387 e. The quantitative estimate of drug-likeness (QED) is 0.557. The minimum absolute atomic E-state index is 0.0124. The smallest absolute Gasteiger partial charge is 0.387 e. The summed E-state index contributed by atoms with van der Waals surface area (Å²) in [5, 5.41) is 6.30. The van der Waals surface area contributed by atoms with E-state index in [2.05, 4.69) is 25.3 Å². The minimum Gasteiger partial charge on any atom is -0.493 e. The van der Waals surface area contributed by atoms with Crippen molar-refractivity contribution in [3.8, 4) is 11.5 Å². The molecule has 0 fully saturated rings. The Kier molecular flexibility index (Phi) is 7.60. The van der Waals surface area contributed by atoms with Gasteiger partial charge in [0.1, 0.15) is 0 Å². The average molecular weight is 364 g/mol. The number of alkyl halides is 2. The van der Waals surface area contributed by atoms with Crippen molar-refractivity contribution in [3.63, 3.8) is 0 Å². The van der Waals surface area contributed by atoms with Crippen molar-refractivity contribution < 1.29 is 18.3 Å². The summed E-state index contributed by atoms with van der Waals surface area (Å²) in [7, 11) is 1.40. The van der Waals surface area contributed by atoms with Crippen LogP contribution in [-0.4, -0.2) is 31.2 Å². The molecular weight excluding hydrogens is 342 g/mol. The Morgan fingerprint density at radius 1 is 1.19 bits per heavy atom. The van der Waals surface area contributed by atoms with E-state index < -0.39 is 6.61 Å². The first kappa shape index (κ1) is 19.4. The van der Waals surface area contributed by atoms with Gasteiger partial charge in [-0.3, -0.25) is 4.98 Å². The van der Waals surface area contributed by atoms with Gasteiger partial charge in [-0.1, -0.05) is 12.1 Å². The molecule has 0 amide bonds. The van der Waals surface area contributed by atoms with Crippen LogP contribution in [0.5, 0.6) is 11.5 Å². The fourth-order valence-electron chi connectivity index (χ4n) is 2.20. The first-order valence-corrected chi connectivity index (χ1v) is 8.16. The van der Waals surface area contributed by atoms with Gasteiger partial charge in [0, 0.05) is 12.7 Å². The lowest BCUT2D eigenvalue weighted by Gasteiger charge is -2.12. The van der Waals surface area contributed by atoms with Gasteiger partial charge >= 0.3 is 6.61 Å². The van der Waals surface area contributed by atoms with Gasteiger partial charge < -0.3 is 20.1 Å². The summed E-state index contributed by atoms with van der Waals surface area (Å²) < 4.78 is 34.5. The van der Waals surface area contributed by atoms with Crippen LogP contribution in [0.3, 0.4) is 0 Å². The second-order valence-corrected chi connectivity index (χ2v) is 5.23. The summed E-state index contributed by atoms with van der Waals surface area (Å²) in [5.41, 5.74) is 1.60. The number of benzene rings is 1. The second-order valence-electron chi connectivity index (χ2n) is 5.23. The van der Waals surface area contributed by atoms with E-state index in [4.69, 9.17) is 4.74 Å². The Morgan fingerprint density at radius 2 is 2.04 bits per heavy atom. The number of halogens is 2. The van der Waals surface area contributed by atoms with Crippen molar-refractivity contribution in [3.05, 3.63) is 53.9 Å². The number of pyridine rings is 1. The minimum atomic E-state index is -2.92. The van der Waals surface area contributed by atoms with E-state index in [0.29, 0.717) is 25.6 Å². The van der Waals surface area contributed by atoms with E-state index >= 15 is 0 Å². The van der Waals surface area contributed by atoms with Crippen LogP contribution in [0.1, 0.15) is 18.2 Å². The fourth-order valence-corrected chi connectivity index (χ4v) is 2.20. The highest BCUT2D eigenvalue weighted by atomic mass is 19.3. The molecule has 0 aliphatic carbocycles. The lowest BCUT2D eigenvalue weighted by molar-refractivity contribution is -0.0512. The fraction of sp³-hybridized carbons (Fsp3) is 0.333. The third kappa shape index (κ3) is 6.19. The maximum atomic E-state index is 12.5. The van der Waals surface area contributed by atoms with Crippen LogP contribution in [0.2, 0.25) is 0 Å². The number of methoxy groups -OCH3 is 1. The summed E-state index contributed by atoms with van der Waals surface area (Å²) in [6.07, 6.45) is 1.73. The molecule has 26 heavy (non-hydrogen) atoms. The SMILES string of the molecule is CCNC(=NCc1ccc(OC)c(OC(F)F)c1)NCc1ccccn1. The molecule has 6 nitrogen and oxygen atoms in total. The number of nitrogens with zero attached hydrogens (tertiary/aromatic N) is 2. The van der Waals surface area contributed by atoms with Crippen LogP contribution >= 0.6 is 0 Å². The van der Waals surface area contributed by atoms with E-state index in [9.17, 15) is 8.78 Å². The molecule has 0 aliphatic heterocycles. The number of hydrogen-bond donors (Lipinski definition) is 2. The zero-order chi connectivity index (χ0) is 18.8. The Labute approximate surface area is 151 Å². The molecule has 0 radical (unpaired) electrons. The molecule has 140 valence electrons. The van der Waals surface area contributed by atoms with E-state index in [1.54, 1.807) is 18.3 Å². The number of ether oxygens (including phenoxy) is 2. The molecule has 0 unspecified atom stereocenters. The maximum absolute atomic E-state index is 12.5. The number of rotatable bonds is 8. The molecular formula is C18H22F2N4O2. The van der Waals surface area contributed by atoms with E-state index in [-0.39, 0.29) is 11.5 Å². The normalized spacial score (nSPS) is 11.3. The molecule has 0 aliphatic rings. The zero-order valence-electron chi connectivity index (χ0n) is 14.7. The van der Waals surface area contributed by atoms with E-state index in [0.717, 1.165) is 11.3 Å². The van der Waals surface area contributed by atoms with Gasteiger partial charge in [0.2, 0.25) is 0 Å². The Balaban J connectivity index is 2.05. The van der Waals surface area contributed by atoms with Gasteiger partial charge in [-0.05, 0) is 36.8 Å². The average Bonchev–Trinajstić information content (AvgIpc) is 2.64. The molecule has 2 N–H and O–H groups in total. The Morgan fingerprint density at radius 3 is 2.69 bits per heavy atom. The summed E-state index contributed by atoms with van der Waals surface area (Å²) in [6, 6.07) is 10.5. The largest absolute Gasteiger partial charge is 0.493 e. The van der Waals surface area contributed by atoms with Crippen LogP contribution in [0, 0.1) is 0 Å². The molecule has 8 heteroatoms. The zero-order valence-corrected chi connectivity index (χ0v) is 14.7. The number of nitrogens with one attached hydrogen (secondary N) is 2. The van der Waals surface area contributed by atoms with Crippen LogP contribution < -0.4 is 20.1 Å². The molecule has 2 aromatic rings. The second kappa shape index (κ2) is 10.2. The number of aromatic nitrogens is 1. The van der Waals surface area contributed by atoms with E-state index in [1.807, 2.05) is 25.1 Å². The topological polar surface area (TPSA) is 67.8 Å². The van der Waals surface area contributed by atoms with Crippen molar-refractivity contribution in [1.82, 2.24) is 15.6 Å². The van der Waals surface area contributed by atoms with Crippen molar-refractivity contribution in [1.29, 1.82) is 0 Å². The van der Waals surface area contributed by atoms with Gasteiger partial charge in [0.15, 0.2) is 17.5 Å². The summed E-state index contributed by atoms with van der Waals surface area (Å²) in [6.45, 7) is 0.548. The molecule has 1 heterocycles. The molecule has 0 atom stereocenters. The monoisotopic (exact) mass is 364 g/mol. The highest BCUT2D eigenvalue weighted by molar-refractivity contribution is 5.79. The first-order valence-electron chi connectivity index (χ1n) is 8.16. The molecule has 1 aromatic carbocycles. The lowest BCUT2D eigenvalue weighted by atomic mass is 10.2. The lowest BCUT2D eigenvalue weighted by Crippen LogP contribution is -2.37. The molecule has 0 saturated carbocycles. The Bertz CT molecular complexity index is 712. The molecule has 2 rings (SSSR count). The number of guanidine groups is 1. The van der Waals surface area contributed by atoms with Crippen molar-refractivity contribution in [2.45, 2.75) is 26.6 Å². The van der Waals surface area contributed by atoms with E-state index in [1.165, 1.54) is 13.2 Å². The van der Waals surface area contributed by atoms with Crippen molar-refractivity contribution in [2.24, 2.45) is 4.99 Å². The molecule has 1 aromatic heterocycles. The van der Waals surface area contributed by atoms with Gasteiger partial charge in [-0.25, -0.2) is 4.99 Å². The van der Waals surface area contributed by atoms with Crippen LogP contribution in [0.25, 0.3) is 0 Å². The standard InChI is InChI=1S/C18H22F2N4O2/c1-3-21-18(24-12-14-6-4-5-9-22-14)23-11-13-7-8-15(25-2)16(10-13)26-17(19)20/h4-10,17H,3,11-12H2,1-2H3,(H2,21,23,24). The van der Waals surface area contributed by atoms with Crippen molar-refractivity contribution in [2.75, 3.05) is 13.7 Å². The van der Waals surface area contributed by atoms with Crippen LogP contribution in [-0.2, 0) is 13.1 Å². The molecule has 0 spiro atoms. The summed E-state index contributed by atoms with van der Waals surface area (Å²) >= 11 is 0. The molecule has 0 saturated heterocycles. The van der Waals surface area contributed by atoms with Gasteiger partial charge in [0.05, 0.1) is 25.9 Å². The van der Waals surface area contributed by atoms with Gasteiger partial charge in [-0.2, -0.15) is 8.78 Å². The predicted molar refractivity (Wildman–Crippen MR) is 95.5 cm³/mol. The van der Waals surface area contributed by atoms with Gasteiger partial charge in [0.25, 0.3) is 0 Å². The third-order valence-corrected chi connectivity index (χ3v) is 3.37. The Hall–Kier alpha value is -2.90. The van der Waals surface area contributed by atoms with Crippen LogP contribution in [0.15, 0.2) is 47.6 Å². The summed E-state index contributed by atoms with van der Waals surface area (Å²) in [5.74, 6) is 0.838. The highest BCUT2D eigenvalue weighted by Gasteiger charge is 2.11. The molecule has 0 bridgehead atoms. The first-order chi connectivity index (χ1) is 12.6. The highest BCUT2D eigenvalue weighted by Crippen LogP contribution is 2.29. The van der Waals surface area contributed by atoms with Gasteiger partial charge in [-0.15, -0.1) is 0 Å². The van der Waals surface area contributed by atoms with Crippen molar-refractivity contribution >= 4 is 5.96 Å². The third-order valence-electron chi connectivity index (χ3n) is 3.37. The predicted octanol–water partition coefficient (Wildman–Crippen LogP) is 2.95. The van der Waals surface area contributed by atoms with Crippen LogP contribution in [0.4, 0.5) is 8.78 Å².